The minimum absolute atomic E-state index is 0.0679. The molecule has 2 aromatic carbocycles. The maximum Gasteiger partial charge on any atom is 0.310 e. The number of rotatable bonds is 6. The normalized spacial score (nSPS) is 16.0. The van der Waals surface area contributed by atoms with E-state index in [4.69, 9.17) is 4.18 Å². The van der Waals surface area contributed by atoms with Gasteiger partial charge in [0.15, 0.2) is 0 Å². The van der Waals surface area contributed by atoms with E-state index in [9.17, 15) is 12.8 Å². The van der Waals surface area contributed by atoms with Crippen LogP contribution >= 0.6 is 0 Å². The molecule has 0 saturated carbocycles. The molecule has 0 bridgehead atoms. The van der Waals surface area contributed by atoms with E-state index < -0.39 is 10.1 Å². The molecule has 0 N–H and O–H groups in total. The van der Waals surface area contributed by atoms with Crippen molar-refractivity contribution in [3.8, 4) is 5.75 Å². The number of hydrogen-bond acceptors (Lipinski definition) is 5. The molecular weight excluding hydrogens is 343 g/mol. The third-order valence-corrected chi connectivity index (χ3v) is 5.32. The molecule has 0 spiro atoms. The van der Waals surface area contributed by atoms with Gasteiger partial charge in [0.1, 0.15) is 11.6 Å². The van der Waals surface area contributed by atoms with Crippen LogP contribution in [0.15, 0.2) is 54.6 Å². The van der Waals surface area contributed by atoms with Gasteiger partial charge in [-0.3, -0.25) is 4.90 Å². The molecule has 1 fully saturated rings. The van der Waals surface area contributed by atoms with Crippen LogP contribution in [0.3, 0.4) is 0 Å². The Balaban J connectivity index is 1.48. The van der Waals surface area contributed by atoms with E-state index in [-0.39, 0.29) is 11.6 Å². The van der Waals surface area contributed by atoms with E-state index in [0.29, 0.717) is 44.2 Å². The summed E-state index contributed by atoms with van der Waals surface area (Å²) in [6.07, 6.45) is 0. The molecule has 5 nitrogen and oxygen atoms in total. The summed E-state index contributed by atoms with van der Waals surface area (Å²) in [5, 5.41) is 0. The topological polar surface area (TPSA) is 49.9 Å². The Hall–Kier alpha value is -2.12. The van der Waals surface area contributed by atoms with E-state index in [2.05, 4.69) is 4.90 Å². The number of para-hydroxylation sites is 2. The van der Waals surface area contributed by atoms with Crippen LogP contribution in [0, 0.1) is 5.82 Å². The van der Waals surface area contributed by atoms with Gasteiger partial charge in [0.05, 0.1) is 11.4 Å². The van der Waals surface area contributed by atoms with Crippen molar-refractivity contribution in [2.24, 2.45) is 0 Å². The molecule has 1 saturated heterocycles. The molecule has 1 aliphatic rings. The smallest absolute Gasteiger partial charge is 0.310 e. The van der Waals surface area contributed by atoms with E-state index in [1.807, 2.05) is 11.0 Å². The highest BCUT2D eigenvalue weighted by molar-refractivity contribution is 7.87. The van der Waals surface area contributed by atoms with Gasteiger partial charge in [-0.15, -0.1) is 0 Å². The Labute approximate surface area is 147 Å². The maximum atomic E-state index is 13.8. The van der Waals surface area contributed by atoms with Crippen molar-refractivity contribution >= 4 is 15.8 Å². The van der Waals surface area contributed by atoms with Gasteiger partial charge in [0.25, 0.3) is 0 Å². The molecule has 0 aliphatic carbocycles. The van der Waals surface area contributed by atoms with Gasteiger partial charge in [-0.05, 0) is 24.3 Å². The summed E-state index contributed by atoms with van der Waals surface area (Å²) in [7, 11) is -3.62. The van der Waals surface area contributed by atoms with Gasteiger partial charge < -0.3 is 9.08 Å². The molecule has 0 amide bonds. The maximum absolute atomic E-state index is 13.8. The molecule has 134 valence electrons. The van der Waals surface area contributed by atoms with Crippen molar-refractivity contribution in [1.29, 1.82) is 0 Å². The number of nitrogens with zero attached hydrogens (tertiary/aromatic N) is 2. The van der Waals surface area contributed by atoms with Gasteiger partial charge in [0, 0.05) is 32.7 Å². The SMILES string of the molecule is O=S(=O)(CCN1CCN(c2ccccc2F)CC1)Oc1ccccc1. The Morgan fingerprint density at radius 2 is 1.56 bits per heavy atom. The Morgan fingerprint density at radius 1 is 0.920 bits per heavy atom. The number of halogens is 1. The summed E-state index contributed by atoms with van der Waals surface area (Å²) < 4.78 is 43.0. The lowest BCUT2D eigenvalue weighted by atomic mass is 10.2. The van der Waals surface area contributed by atoms with Crippen LogP contribution in [0.2, 0.25) is 0 Å². The predicted molar refractivity (Wildman–Crippen MR) is 95.9 cm³/mol. The number of hydrogen-bond donors (Lipinski definition) is 0. The summed E-state index contributed by atoms with van der Waals surface area (Å²) in [5.74, 6) is 0.0309. The predicted octanol–water partition coefficient (Wildman–Crippen LogP) is 2.36. The average Bonchev–Trinajstić information content (AvgIpc) is 2.62. The quantitative estimate of drug-likeness (QED) is 0.737. The zero-order valence-corrected chi connectivity index (χ0v) is 14.7. The van der Waals surface area contributed by atoms with E-state index in [0.717, 1.165) is 0 Å². The van der Waals surface area contributed by atoms with Crippen molar-refractivity contribution in [2.75, 3.05) is 43.4 Å². The van der Waals surface area contributed by atoms with Crippen molar-refractivity contribution < 1.29 is 17.0 Å². The zero-order chi connectivity index (χ0) is 17.7. The van der Waals surface area contributed by atoms with Gasteiger partial charge >= 0.3 is 10.1 Å². The molecule has 0 atom stereocenters. The summed E-state index contributed by atoms with van der Waals surface area (Å²) in [5.41, 5.74) is 0.599. The van der Waals surface area contributed by atoms with E-state index in [1.165, 1.54) is 6.07 Å². The molecule has 1 heterocycles. The largest absolute Gasteiger partial charge is 0.382 e. The summed E-state index contributed by atoms with van der Waals surface area (Å²) in [6, 6.07) is 15.2. The van der Waals surface area contributed by atoms with Crippen molar-refractivity contribution in [3.05, 3.63) is 60.4 Å². The first-order chi connectivity index (χ1) is 12.0. The Morgan fingerprint density at radius 3 is 2.24 bits per heavy atom. The minimum atomic E-state index is -3.62. The van der Waals surface area contributed by atoms with E-state index in [1.54, 1.807) is 42.5 Å². The second-order valence-electron chi connectivity index (χ2n) is 5.94. The monoisotopic (exact) mass is 364 g/mol. The highest BCUT2D eigenvalue weighted by Crippen LogP contribution is 2.20. The second-order valence-corrected chi connectivity index (χ2v) is 7.63. The standard InChI is InChI=1S/C18H21FN2O3S/c19-17-8-4-5-9-18(17)21-12-10-20(11-13-21)14-15-25(22,23)24-16-6-2-1-3-7-16/h1-9H,10-15H2. The van der Waals surface area contributed by atoms with Crippen molar-refractivity contribution in [1.82, 2.24) is 4.90 Å². The van der Waals surface area contributed by atoms with E-state index >= 15 is 0 Å². The highest BCUT2D eigenvalue weighted by atomic mass is 32.2. The third kappa shape index (κ3) is 4.93. The molecule has 0 unspecified atom stereocenters. The lowest BCUT2D eigenvalue weighted by molar-refractivity contribution is 0.269. The summed E-state index contributed by atoms with van der Waals surface area (Å²) in [4.78, 5) is 4.05. The van der Waals surface area contributed by atoms with Gasteiger partial charge in [0.2, 0.25) is 0 Å². The molecule has 2 aromatic rings. The van der Waals surface area contributed by atoms with Crippen LogP contribution in [0.5, 0.6) is 5.75 Å². The first-order valence-electron chi connectivity index (χ1n) is 8.22. The minimum Gasteiger partial charge on any atom is -0.382 e. The second kappa shape index (κ2) is 7.84. The highest BCUT2D eigenvalue weighted by Gasteiger charge is 2.21. The van der Waals surface area contributed by atoms with Crippen molar-refractivity contribution in [2.45, 2.75) is 0 Å². The third-order valence-electron chi connectivity index (χ3n) is 4.19. The fourth-order valence-corrected chi connectivity index (χ4v) is 3.80. The van der Waals surface area contributed by atoms with Gasteiger partial charge in [-0.25, -0.2) is 4.39 Å². The first-order valence-corrected chi connectivity index (χ1v) is 9.80. The first kappa shape index (κ1) is 17.7. The lowest BCUT2D eigenvalue weighted by Crippen LogP contribution is -2.48. The average molecular weight is 364 g/mol. The lowest BCUT2D eigenvalue weighted by Gasteiger charge is -2.36. The molecule has 0 radical (unpaired) electrons. The Bertz CT molecular complexity index is 791. The van der Waals surface area contributed by atoms with Gasteiger partial charge in [-0.2, -0.15) is 8.42 Å². The number of piperazine rings is 1. The van der Waals surface area contributed by atoms with Crippen LogP contribution in [-0.4, -0.2) is 51.8 Å². The van der Waals surface area contributed by atoms with Crippen LogP contribution in [0.4, 0.5) is 10.1 Å². The number of benzene rings is 2. The van der Waals surface area contributed by atoms with Crippen LogP contribution in [0.1, 0.15) is 0 Å². The molecule has 3 rings (SSSR count). The van der Waals surface area contributed by atoms with Crippen LogP contribution in [-0.2, 0) is 10.1 Å². The summed E-state index contributed by atoms with van der Waals surface area (Å²) in [6.45, 7) is 3.12. The summed E-state index contributed by atoms with van der Waals surface area (Å²) >= 11 is 0. The fraction of sp³-hybridized carbons (Fsp3) is 0.333. The van der Waals surface area contributed by atoms with Crippen LogP contribution < -0.4 is 9.08 Å². The molecule has 0 aromatic heterocycles. The Kier molecular flexibility index (Phi) is 5.55. The van der Waals surface area contributed by atoms with Crippen LogP contribution in [0.25, 0.3) is 0 Å². The fourth-order valence-electron chi connectivity index (χ4n) is 2.83. The number of anilines is 1. The molecular formula is C18H21FN2O3S. The molecule has 7 heteroatoms. The zero-order valence-electron chi connectivity index (χ0n) is 13.8. The molecule has 25 heavy (non-hydrogen) atoms. The van der Waals surface area contributed by atoms with Crippen molar-refractivity contribution in [3.63, 3.8) is 0 Å². The molecule has 1 aliphatic heterocycles. The van der Waals surface area contributed by atoms with Gasteiger partial charge in [-0.1, -0.05) is 30.3 Å².